The summed E-state index contributed by atoms with van der Waals surface area (Å²) < 4.78 is 69.0. The lowest BCUT2D eigenvalue weighted by Gasteiger charge is -2.33. The molecule has 2 aromatic carbocycles. The quantitative estimate of drug-likeness (QED) is 0.368. The molecule has 1 aliphatic heterocycles. The summed E-state index contributed by atoms with van der Waals surface area (Å²) in [6.45, 7) is 1.91. The number of nitrogens with zero attached hydrogens (tertiary/aromatic N) is 1. The summed E-state index contributed by atoms with van der Waals surface area (Å²) in [4.78, 5) is 26.4. The molecule has 0 aliphatic carbocycles. The molecule has 1 saturated heterocycles. The zero-order valence-corrected chi connectivity index (χ0v) is 23.8. The van der Waals surface area contributed by atoms with Crippen molar-refractivity contribution in [1.29, 1.82) is 0 Å². The number of nitrogens with one attached hydrogen (secondary N) is 2. The molecule has 0 radical (unpaired) electrons. The van der Waals surface area contributed by atoms with Crippen LogP contribution < -0.4 is 21.1 Å². The molecule has 9 nitrogen and oxygen atoms in total. The van der Waals surface area contributed by atoms with Crippen LogP contribution in [0.5, 0.6) is 5.75 Å². The van der Waals surface area contributed by atoms with E-state index in [0.29, 0.717) is 25.9 Å². The van der Waals surface area contributed by atoms with Gasteiger partial charge in [-0.15, -0.1) is 13.2 Å². The van der Waals surface area contributed by atoms with Crippen LogP contribution in [-0.4, -0.2) is 62.9 Å². The van der Waals surface area contributed by atoms with Gasteiger partial charge in [-0.1, -0.05) is 30.1 Å². The van der Waals surface area contributed by atoms with E-state index in [1.807, 2.05) is 4.90 Å². The summed E-state index contributed by atoms with van der Waals surface area (Å²) in [5, 5.41) is 5.40. The summed E-state index contributed by atoms with van der Waals surface area (Å²) in [5.41, 5.74) is 5.37. The molecule has 40 heavy (non-hydrogen) atoms. The number of hydrogen-bond donors (Lipinski definition) is 3. The molecule has 1 aliphatic rings. The van der Waals surface area contributed by atoms with Crippen molar-refractivity contribution < 1.29 is 35.9 Å². The number of alkyl halides is 3. The average Bonchev–Trinajstić information content (AvgIpc) is 2.88. The molecule has 2 amide bonds. The Bertz CT molecular complexity index is 1360. The molecular weight excluding hydrogens is 596 g/mol. The highest BCUT2D eigenvalue weighted by atomic mass is 35.5. The number of nitrogens with two attached hydrogens (primary N) is 1. The number of hydrogen-bond acceptors (Lipinski definition) is 7. The lowest BCUT2D eigenvalue weighted by molar-refractivity contribution is -0.275. The first-order valence-electron chi connectivity index (χ1n) is 12.3. The number of carbonyl (C=O) groups excluding carboxylic acids is 2. The fraction of sp³-hybridized carbons (Fsp3) is 0.440. The lowest BCUT2D eigenvalue weighted by Crippen LogP contribution is -2.48. The standard InChI is InChI=1S/C25H29Cl2F3N4O5S/c1-2-40(37,38)22-6-5-17(26)8-16(22)12-32-24(36)15-9-20(27)19(21(10-15)39-25(28,29)30)14-34-7-3-4-18(13-34)33-23(35)11-31/h5-6,8-10,18H,2-4,7,11-14,31H2,1H3,(H,32,36)(H,33,35). The van der Waals surface area contributed by atoms with E-state index >= 15 is 0 Å². The Hall–Kier alpha value is -2.58. The van der Waals surface area contributed by atoms with E-state index in [1.165, 1.54) is 31.2 Å². The molecule has 0 saturated carbocycles. The molecule has 0 bridgehead atoms. The minimum Gasteiger partial charge on any atom is -0.405 e. The third kappa shape index (κ3) is 8.71. The van der Waals surface area contributed by atoms with Crippen molar-refractivity contribution in [2.45, 2.75) is 50.2 Å². The minimum atomic E-state index is -5.06. The first kappa shape index (κ1) is 31.9. The van der Waals surface area contributed by atoms with Gasteiger partial charge in [0, 0.05) is 46.8 Å². The fourth-order valence-electron chi connectivity index (χ4n) is 4.36. The van der Waals surface area contributed by atoms with Crippen molar-refractivity contribution in [3.8, 4) is 5.75 Å². The van der Waals surface area contributed by atoms with E-state index in [9.17, 15) is 31.2 Å². The van der Waals surface area contributed by atoms with Crippen LogP contribution in [0.3, 0.4) is 0 Å². The number of carbonyl (C=O) groups is 2. The predicted molar refractivity (Wildman–Crippen MR) is 144 cm³/mol. The van der Waals surface area contributed by atoms with Gasteiger partial charge in [0.1, 0.15) is 5.75 Å². The second kappa shape index (κ2) is 13.4. The number of amides is 2. The van der Waals surface area contributed by atoms with Crippen LogP contribution in [0.4, 0.5) is 13.2 Å². The zero-order valence-electron chi connectivity index (χ0n) is 21.5. The van der Waals surface area contributed by atoms with Crippen molar-refractivity contribution in [3.05, 3.63) is 57.1 Å². The van der Waals surface area contributed by atoms with Gasteiger partial charge in [0.05, 0.1) is 17.2 Å². The van der Waals surface area contributed by atoms with E-state index in [0.717, 1.165) is 6.07 Å². The zero-order chi connectivity index (χ0) is 29.7. The Morgan fingerprint density at radius 2 is 1.93 bits per heavy atom. The van der Waals surface area contributed by atoms with Gasteiger partial charge < -0.3 is 21.1 Å². The summed E-state index contributed by atoms with van der Waals surface area (Å²) in [5.74, 6) is -1.96. The number of likely N-dealkylation sites (tertiary alicyclic amines) is 1. The van der Waals surface area contributed by atoms with Gasteiger partial charge in [0.25, 0.3) is 5.91 Å². The molecule has 4 N–H and O–H groups in total. The Balaban J connectivity index is 1.84. The molecule has 1 atom stereocenters. The van der Waals surface area contributed by atoms with Gasteiger partial charge in [0.2, 0.25) is 5.91 Å². The summed E-state index contributed by atoms with van der Waals surface area (Å²) in [6.07, 6.45) is -3.69. The van der Waals surface area contributed by atoms with Crippen molar-refractivity contribution in [2.75, 3.05) is 25.4 Å². The number of rotatable bonds is 10. The molecule has 0 aromatic heterocycles. The highest BCUT2D eigenvalue weighted by Gasteiger charge is 2.34. The molecule has 0 spiro atoms. The van der Waals surface area contributed by atoms with E-state index in [2.05, 4.69) is 15.4 Å². The summed E-state index contributed by atoms with van der Waals surface area (Å²) in [7, 11) is -3.63. The maximum atomic E-state index is 13.3. The van der Waals surface area contributed by atoms with Crippen molar-refractivity contribution in [3.63, 3.8) is 0 Å². The van der Waals surface area contributed by atoms with E-state index < -0.39 is 27.9 Å². The van der Waals surface area contributed by atoms with Crippen molar-refractivity contribution in [2.24, 2.45) is 5.73 Å². The monoisotopic (exact) mass is 624 g/mol. The van der Waals surface area contributed by atoms with Crippen molar-refractivity contribution in [1.82, 2.24) is 15.5 Å². The molecule has 1 unspecified atom stereocenters. The third-order valence-corrected chi connectivity index (χ3v) is 8.66. The van der Waals surface area contributed by atoms with Crippen molar-refractivity contribution >= 4 is 44.9 Å². The molecular formula is C25H29Cl2F3N4O5S. The lowest BCUT2D eigenvalue weighted by atomic mass is 10.0. The first-order valence-corrected chi connectivity index (χ1v) is 14.7. The van der Waals surface area contributed by atoms with E-state index in [4.69, 9.17) is 28.9 Å². The number of benzene rings is 2. The first-order chi connectivity index (χ1) is 18.7. The van der Waals surface area contributed by atoms with Crippen LogP contribution in [0.1, 0.15) is 41.3 Å². The van der Waals surface area contributed by atoms with E-state index in [-0.39, 0.29) is 69.0 Å². The number of halogens is 5. The minimum absolute atomic E-state index is 0.0170. The fourth-order valence-corrected chi connectivity index (χ4v) is 5.94. The topological polar surface area (TPSA) is 131 Å². The van der Waals surface area contributed by atoms with Gasteiger partial charge in [-0.25, -0.2) is 8.42 Å². The summed E-state index contributed by atoms with van der Waals surface area (Å²) >= 11 is 12.4. The highest BCUT2D eigenvalue weighted by Crippen LogP contribution is 2.34. The Labute approximate surface area is 240 Å². The van der Waals surface area contributed by atoms with Gasteiger partial charge in [0.15, 0.2) is 9.84 Å². The second-order valence-corrected chi connectivity index (χ2v) is 12.3. The molecule has 3 rings (SSSR count). The molecule has 15 heteroatoms. The van der Waals surface area contributed by atoms with Crippen LogP contribution in [0.25, 0.3) is 0 Å². The number of ether oxygens (including phenoxy) is 1. The normalized spacial score (nSPS) is 16.4. The van der Waals surface area contributed by atoms with Crippen LogP contribution in [-0.2, 0) is 27.7 Å². The number of sulfone groups is 1. The smallest absolute Gasteiger partial charge is 0.405 e. The maximum absolute atomic E-state index is 13.3. The number of piperidine rings is 1. The van der Waals surface area contributed by atoms with Crippen LogP contribution >= 0.6 is 23.2 Å². The Morgan fingerprint density at radius 1 is 1.20 bits per heavy atom. The van der Waals surface area contributed by atoms with E-state index in [1.54, 1.807) is 0 Å². The highest BCUT2D eigenvalue weighted by molar-refractivity contribution is 7.91. The average molecular weight is 625 g/mol. The molecule has 2 aromatic rings. The SMILES string of the molecule is CCS(=O)(=O)c1ccc(Cl)cc1CNC(=O)c1cc(Cl)c(CN2CCCC(NC(=O)CN)C2)c(OC(F)(F)F)c1. The molecule has 220 valence electrons. The van der Waals surface area contributed by atoms with Crippen LogP contribution in [0, 0.1) is 0 Å². The van der Waals surface area contributed by atoms with Gasteiger partial charge in [-0.05, 0) is 55.3 Å². The second-order valence-electron chi connectivity index (χ2n) is 9.17. The van der Waals surface area contributed by atoms with Crippen LogP contribution in [0.15, 0.2) is 35.2 Å². The van der Waals surface area contributed by atoms with Gasteiger partial charge in [-0.3, -0.25) is 14.5 Å². The predicted octanol–water partition coefficient (Wildman–Crippen LogP) is 3.65. The largest absolute Gasteiger partial charge is 0.573 e. The Kier molecular flexibility index (Phi) is 10.7. The third-order valence-electron chi connectivity index (χ3n) is 6.26. The van der Waals surface area contributed by atoms with Gasteiger partial charge in [-0.2, -0.15) is 0 Å². The summed E-state index contributed by atoms with van der Waals surface area (Å²) in [6, 6.07) is 6.05. The molecule has 1 fully saturated rings. The van der Waals surface area contributed by atoms with Gasteiger partial charge >= 0.3 is 6.36 Å². The maximum Gasteiger partial charge on any atom is 0.573 e. The van der Waals surface area contributed by atoms with Crippen LogP contribution in [0.2, 0.25) is 10.0 Å². The Morgan fingerprint density at radius 3 is 2.58 bits per heavy atom. The molecule has 1 heterocycles.